The highest BCUT2D eigenvalue weighted by atomic mass is 32.2. The van der Waals surface area contributed by atoms with E-state index >= 15 is 0 Å². The molecule has 2 aliphatic heterocycles. The van der Waals surface area contributed by atoms with Crippen molar-refractivity contribution in [3.05, 3.63) is 48.0 Å². The van der Waals surface area contributed by atoms with Crippen LogP contribution < -0.4 is 9.47 Å². The molecule has 2 amide bonds. The minimum Gasteiger partial charge on any atom is -0.494 e. The lowest BCUT2D eigenvalue weighted by atomic mass is 10.1. The van der Waals surface area contributed by atoms with E-state index in [0.717, 1.165) is 10.2 Å². The lowest BCUT2D eigenvalue weighted by molar-refractivity contribution is 0.0178. The molecule has 11 nitrogen and oxygen atoms in total. The van der Waals surface area contributed by atoms with Crippen molar-refractivity contribution >= 4 is 43.6 Å². The number of methoxy groups -OCH3 is 1. The van der Waals surface area contributed by atoms with Crippen LogP contribution in [0.5, 0.6) is 10.9 Å². The highest BCUT2D eigenvalue weighted by Gasteiger charge is 2.34. The Hall–Kier alpha value is -3.42. The van der Waals surface area contributed by atoms with Gasteiger partial charge < -0.3 is 24.0 Å². The van der Waals surface area contributed by atoms with Crippen LogP contribution in [0.3, 0.4) is 0 Å². The second-order valence-corrected chi connectivity index (χ2v) is 11.8. The van der Waals surface area contributed by atoms with Crippen LogP contribution in [0.15, 0.2) is 47.4 Å². The number of fused-ring (bicyclic) bond motifs is 1. The molecule has 5 rings (SSSR count). The van der Waals surface area contributed by atoms with Gasteiger partial charge in [-0.15, -0.1) is 0 Å². The number of hydrogen-bond acceptors (Lipinski definition) is 9. The number of carbonyl (C=O) groups is 2. The van der Waals surface area contributed by atoms with E-state index in [1.807, 2.05) is 18.2 Å². The molecule has 0 saturated carbocycles. The van der Waals surface area contributed by atoms with Gasteiger partial charge in [0.05, 0.1) is 36.4 Å². The van der Waals surface area contributed by atoms with Gasteiger partial charge in [0.25, 0.3) is 11.1 Å². The van der Waals surface area contributed by atoms with Crippen molar-refractivity contribution in [2.45, 2.75) is 17.9 Å². The number of sulfonamides is 1. The van der Waals surface area contributed by atoms with Gasteiger partial charge in [0.1, 0.15) is 17.4 Å². The van der Waals surface area contributed by atoms with E-state index in [9.17, 15) is 18.0 Å². The van der Waals surface area contributed by atoms with E-state index in [1.54, 1.807) is 18.9 Å². The number of nitrogens with zero attached hydrogens (tertiary/aromatic N) is 4. The van der Waals surface area contributed by atoms with Crippen molar-refractivity contribution < 1.29 is 32.2 Å². The molecule has 2 saturated heterocycles. The normalized spacial score (nSPS) is 16.8. The molecular weight excluding hydrogens is 532 g/mol. The lowest BCUT2D eigenvalue weighted by Crippen LogP contribution is -2.56. The fourth-order valence-corrected chi connectivity index (χ4v) is 6.69. The number of para-hydroxylation sites is 1. The molecule has 0 unspecified atom stereocenters. The van der Waals surface area contributed by atoms with E-state index in [1.165, 1.54) is 44.8 Å². The predicted octanol–water partition coefficient (Wildman–Crippen LogP) is 2.67. The SMILES string of the molecule is CCOC(=O)N1CCN(S(=O)(=O)c2ccc(C(=O)N3CC(Oc4nc5c(OC)cccc5s4)C3)cc2)CC1. The van der Waals surface area contributed by atoms with Gasteiger partial charge in [-0.25, -0.2) is 13.2 Å². The van der Waals surface area contributed by atoms with Crippen LogP contribution in [0.25, 0.3) is 10.2 Å². The first-order chi connectivity index (χ1) is 18.3. The molecule has 0 atom stereocenters. The minimum atomic E-state index is -3.74. The van der Waals surface area contributed by atoms with Gasteiger partial charge in [0.15, 0.2) is 0 Å². The third kappa shape index (κ3) is 5.13. The standard InChI is InChI=1S/C25H28N4O7S2/c1-3-35-25(31)27-11-13-29(14-12-27)38(32,33)19-9-7-17(8-10-19)23(30)28-15-18(16-28)36-24-26-22-20(34-2)5-4-6-21(22)37-24/h4-10,18H,3,11-16H2,1-2H3. The average Bonchev–Trinajstić information content (AvgIpc) is 3.33. The molecule has 3 aromatic rings. The zero-order chi connectivity index (χ0) is 26.9. The Balaban J connectivity index is 1.15. The summed E-state index contributed by atoms with van der Waals surface area (Å²) in [5.74, 6) is 0.492. The molecule has 38 heavy (non-hydrogen) atoms. The summed E-state index contributed by atoms with van der Waals surface area (Å²) in [5.41, 5.74) is 1.15. The van der Waals surface area contributed by atoms with Crippen molar-refractivity contribution in [1.29, 1.82) is 0 Å². The van der Waals surface area contributed by atoms with Gasteiger partial charge in [-0.05, 0) is 43.3 Å². The number of amides is 2. The lowest BCUT2D eigenvalue weighted by Gasteiger charge is -2.38. The first-order valence-corrected chi connectivity index (χ1v) is 14.5. The van der Waals surface area contributed by atoms with Crippen molar-refractivity contribution in [2.75, 3.05) is 53.0 Å². The van der Waals surface area contributed by atoms with Gasteiger partial charge in [-0.3, -0.25) is 4.79 Å². The Labute approximate surface area is 224 Å². The van der Waals surface area contributed by atoms with Crippen molar-refractivity contribution in [3.8, 4) is 10.9 Å². The van der Waals surface area contributed by atoms with Crippen LogP contribution in [-0.2, 0) is 14.8 Å². The number of rotatable bonds is 7. The number of carbonyl (C=O) groups excluding carboxylic acids is 2. The molecule has 1 aromatic heterocycles. The monoisotopic (exact) mass is 560 g/mol. The molecule has 0 aliphatic carbocycles. The molecule has 0 N–H and O–H groups in total. The first kappa shape index (κ1) is 26.2. The summed E-state index contributed by atoms with van der Waals surface area (Å²) in [6.45, 7) is 3.70. The van der Waals surface area contributed by atoms with Crippen molar-refractivity contribution in [2.24, 2.45) is 0 Å². The number of hydrogen-bond donors (Lipinski definition) is 0. The van der Waals surface area contributed by atoms with Crippen LogP contribution >= 0.6 is 11.3 Å². The van der Waals surface area contributed by atoms with Gasteiger partial charge in [0, 0.05) is 31.7 Å². The van der Waals surface area contributed by atoms with E-state index in [4.69, 9.17) is 14.2 Å². The van der Waals surface area contributed by atoms with Crippen LogP contribution in [-0.4, -0.2) is 98.6 Å². The van der Waals surface area contributed by atoms with E-state index < -0.39 is 16.1 Å². The molecule has 0 radical (unpaired) electrons. The number of ether oxygens (including phenoxy) is 3. The van der Waals surface area contributed by atoms with Crippen LogP contribution in [0.4, 0.5) is 4.79 Å². The van der Waals surface area contributed by atoms with Gasteiger partial charge in [-0.1, -0.05) is 17.4 Å². The van der Waals surface area contributed by atoms with E-state index in [-0.39, 0.29) is 49.7 Å². The first-order valence-electron chi connectivity index (χ1n) is 12.2. The molecule has 0 spiro atoms. The van der Waals surface area contributed by atoms with E-state index in [0.29, 0.717) is 29.6 Å². The Morgan fingerprint density at radius 3 is 2.39 bits per heavy atom. The second-order valence-electron chi connectivity index (χ2n) is 8.85. The summed E-state index contributed by atoms with van der Waals surface area (Å²) in [5, 5.41) is 0.527. The van der Waals surface area contributed by atoms with Gasteiger partial charge in [0.2, 0.25) is 10.0 Å². The molecular formula is C25H28N4O7S2. The maximum atomic E-state index is 13.1. The molecule has 2 aliphatic rings. The highest BCUT2D eigenvalue weighted by molar-refractivity contribution is 7.89. The summed E-state index contributed by atoms with van der Waals surface area (Å²) < 4.78 is 44.7. The van der Waals surface area contributed by atoms with Crippen LogP contribution in [0.2, 0.25) is 0 Å². The van der Waals surface area contributed by atoms with E-state index in [2.05, 4.69) is 4.98 Å². The maximum absolute atomic E-state index is 13.1. The summed E-state index contributed by atoms with van der Waals surface area (Å²) in [6, 6.07) is 11.6. The van der Waals surface area contributed by atoms with Gasteiger partial charge in [-0.2, -0.15) is 9.29 Å². The van der Waals surface area contributed by atoms with Crippen molar-refractivity contribution in [1.82, 2.24) is 19.1 Å². The largest absolute Gasteiger partial charge is 0.494 e. The molecule has 0 bridgehead atoms. The van der Waals surface area contributed by atoms with Crippen molar-refractivity contribution in [3.63, 3.8) is 0 Å². The third-order valence-electron chi connectivity index (χ3n) is 6.49. The van der Waals surface area contributed by atoms with Crippen LogP contribution in [0.1, 0.15) is 17.3 Å². The summed E-state index contributed by atoms with van der Waals surface area (Å²) in [7, 11) is -2.14. The topological polar surface area (TPSA) is 119 Å². The number of thiazole rings is 1. The quantitative estimate of drug-likeness (QED) is 0.433. The smallest absolute Gasteiger partial charge is 0.409 e. The Morgan fingerprint density at radius 2 is 1.74 bits per heavy atom. The Bertz CT molecular complexity index is 1430. The summed E-state index contributed by atoms with van der Waals surface area (Å²) in [4.78, 5) is 32.5. The average molecular weight is 561 g/mol. The Morgan fingerprint density at radius 1 is 1.03 bits per heavy atom. The number of piperazine rings is 1. The number of likely N-dealkylation sites (tertiary alicyclic amines) is 1. The second kappa shape index (κ2) is 10.8. The predicted molar refractivity (Wildman–Crippen MR) is 140 cm³/mol. The Kier molecular flexibility index (Phi) is 7.41. The molecule has 3 heterocycles. The molecule has 2 fully saturated rings. The highest BCUT2D eigenvalue weighted by Crippen LogP contribution is 2.34. The van der Waals surface area contributed by atoms with Crippen LogP contribution in [0, 0.1) is 0 Å². The fraction of sp³-hybridized carbons (Fsp3) is 0.400. The van der Waals surface area contributed by atoms with Gasteiger partial charge >= 0.3 is 6.09 Å². The number of benzene rings is 2. The molecule has 13 heteroatoms. The maximum Gasteiger partial charge on any atom is 0.409 e. The number of aromatic nitrogens is 1. The fourth-order valence-electron chi connectivity index (χ4n) is 4.37. The molecule has 2 aromatic carbocycles. The third-order valence-corrected chi connectivity index (χ3v) is 9.31. The molecule has 202 valence electrons. The minimum absolute atomic E-state index is 0.106. The summed E-state index contributed by atoms with van der Waals surface area (Å²) in [6.07, 6.45) is -0.607. The zero-order valence-electron chi connectivity index (χ0n) is 21.0. The summed E-state index contributed by atoms with van der Waals surface area (Å²) >= 11 is 1.43. The zero-order valence-corrected chi connectivity index (χ0v) is 22.7.